The highest BCUT2D eigenvalue weighted by atomic mass is 16.5. The van der Waals surface area contributed by atoms with Gasteiger partial charge in [0.15, 0.2) is 0 Å². The lowest BCUT2D eigenvalue weighted by Crippen LogP contribution is -2.34. The Bertz CT molecular complexity index is 483. The fraction of sp³-hybridized carbons (Fsp3) is 0.625. The topological polar surface area (TPSA) is 54.5 Å². The zero-order valence-corrected chi connectivity index (χ0v) is 12.5. The molecule has 0 aromatic carbocycles. The van der Waals surface area contributed by atoms with Gasteiger partial charge in [0.25, 0.3) is 5.91 Å². The minimum absolute atomic E-state index is 0.0614. The van der Waals surface area contributed by atoms with Crippen molar-refractivity contribution in [3.63, 3.8) is 0 Å². The second-order valence-corrected chi connectivity index (χ2v) is 6.09. The number of rotatable bonds is 3. The van der Waals surface area contributed by atoms with Gasteiger partial charge >= 0.3 is 0 Å². The van der Waals surface area contributed by atoms with Crippen molar-refractivity contribution in [2.45, 2.75) is 38.7 Å². The molecule has 0 aliphatic carbocycles. The third-order valence-corrected chi connectivity index (χ3v) is 4.22. The van der Waals surface area contributed by atoms with Crippen molar-refractivity contribution in [2.75, 3.05) is 29.9 Å². The summed E-state index contributed by atoms with van der Waals surface area (Å²) in [6.07, 6.45) is 5.73. The summed E-state index contributed by atoms with van der Waals surface area (Å²) in [5.74, 6) is 1.66. The molecule has 0 saturated carbocycles. The lowest BCUT2D eigenvalue weighted by Gasteiger charge is -2.31. The van der Waals surface area contributed by atoms with Crippen LogP contribution in [0.3, 0.4) is 0 Å². The molecule has 3 heterocycles. The van der Waals surface area contributed by atoms with Gasteiger partial charge in [0.1, 0.15) is 11.9 Å². The maximum absolute atomic E-state index is 12.0. The van der Waals surface area contributed by atoms with Crippen molar-refractivity contribution in [3.05, 3.63) is 18.3 Å². The first kappa shape index (κ1) is 14.3. The molecule has 5 nitrogen and oxygen atoms in total. The lowest BCUT2D eigenvalue weighted by molar-refractivity contribution is -0.124. The molecule has 2 atom stereocenters. The molecule has 3 rings (SSSR count). The molecule has 0 spiro atoms. The number of pyridine rings is 1. The Morgan fingerprint density at radius 2 is 2.29 bits per heavy atom. The number of hydrogen-bond acceptors (Lipinski definition) is 4. The number of ether oxygens (including phenoxy) is 1. The third-order valence-electron chi connectivity index (χ3n) is 4.22. The molecule has 0 bridgehead atoms. The Hall–Kier alpha value is -1.62. The van der Waals surface area contributed by atoms with Crippen LogP contribution in [0.1, 0.15) is 32.6 Å². The molecule has 2 fully saturated rings. The minimum Gasteiger partial charge on any atom is -0.368 e. The van der Waals surface area contributed by atoms with E-state index in [0.717, 1.165) is 43.4 Å². The lowest BCUT2D eigenvalue weighted by atomic mass is 10.0. The number of carbonyl (C=O) groups is 1. The van der Waals surface area contributed by atoms with Gasteiger partial charge in [0, 0.05) is 19.7 Å². The zero-order chi connectivity index (χ0) is 14.7. The van der Waals surface area contributed by atoms with Crippen LogP contribution in [0.4, 0.5) is 11.5 Å². The van der Waals surface area contributed by atoms with Gasteiger partial charge in [-0.1, -0.05) is 6.92 Å². The molecule has 114 valence electrons. The van der Waals surface area contributed by atoms with Gasteiger partial charge < -0.3 is 15.0 Å². The van der Waals surface area contributed by atoms with Crippen LogP contribution in [0.2, 0.25) is 0 Å². The Balaban J connectivity index is 1.59. The predicted octanol–water partition coefficient (Wildman–Crippen LogP) is 2.44. The number of aromatic nitrogens is 1. The van der Waals surface area contributed by atoms with Gasteiger partial charge in [-0.05, 0) is 43.7 Å². The summed E-state index contributed by atoms with van der Waals surface area (Å²) in [5.41, 5.74) is 0.740. The fourth-order valence-electron chi connectivity index (χ4n) is 3.05. The van der Waals surface area contributed by atoms with E-state index in [1.54, 1.807) is 6.20 Å². The fourth-order valence-corrected chi connectivity index (χ4v) is 3.05. The van der Waals surface area contributed by atoms with Crippen LogP contribution >= 0.6 is 0 Å². The first-order valence-corrected chi connectivity index (χ1v) is 7.86. The van der Waals surface area contributed by atoms with Crippen molar-refractivity contribution in [1.29, 1.82) is 0 Å². The number of nitrogens with one attached hydrogen (secondary N) is 1. The highest BCUT2D eigenvalue weighted by Gasteiger charge is 2.23. The summed E-state index contributed by atoms with van der Waals surface area (Å²) in [7, 11) is 0. The van der Waals surface area contributed by atoms with Gasteiger partial charge in [-0.3, -0.25) is 4.79 Å². The van der Waals surface area contributed by atoms with Crippen LogP contribution in [0, 0.1) is 5.92 Å². The second kappa shape index (κ2) is 6.43. The monoisotopic (exact) mass is 289 g/mol. The Labute approximate surface area is 125 Å². The maximum atomic E-state index is 12.0. The minimum atomic E-state index is -0.298. The molecule has 2 aliphatic rings. The van der Waals surface area contributed by atoms with E-state index >= 15 is 0 Å². The van der Waals surface area contributed by atoms with Crippen LogP contribution in [0.15, 0.2) is 18.3 Å². The molecule has 1 aromatic heterocycles. The second-order valence-electron chi connectivity index (χ2n) is 6.09. The number of piperidine rings is 1. The molecule has 1 N–H and O–H groups in total. The molecule has 2 saturated heterocycles. The van der Waals surface area contributed by atoms with Gasteiger partial charge in [0.05, 0.1) is 11.9 Å². The van der Waals surface area contributed by atoms with Crippen molar-refractivity contribution in [1.82, 2.24) is 4.98 Å². The van der Waals surface area contributed by atoms with E-state index in [1.165, 1.54) is 12.8 Å². The Morgan fingerprint density at radius 3 is 2.95 bits per heavy atom. The van der Waals surface area contributed by atoms with Crippen LogP contribution in [0.25, 0.3) is 0 Å². The summed E-state index contributed by atoms with van der Waals surface area (Å²) in [6, 6.07) is 3.91. The van der Waals surface area contributed by atoms with Crippen LogP contribution in [0.5, 0.6) is 0 Å². The van der Waals surface area contributed by atoms with E-state index in [2.05, 4.69) is 22.1 Å². The number of amides is 1. The Morgan fingerprint density at radius 1 is 1.38 bits per heavy atom. The van der Waals surface area contributed by atoms with E-state index < -0.39 is 0 Å². The molecule has 0 radical (unpaired) electrons. The van der Waals surface area contributed by atoms with E-state index in [1.807, 2.05) is 12.1 Å². The Kier molecular flexibility index (Phi) is 4.39. The molecular formula is C16H23N3O2. The molecule has 1 aromatic rings. The highest BCUT2D eigenvalue weighted by Crippen LogP contribution is 2.22. The smallest absolute Gasteiger partial charge is 0.253 e. The zero-order valence-electron chi connectivity index (χ0n) is 12.5. The molecule has 2 aliphatic heterocycles. The van der Waals surface area contributed by atoms with E-state index in [4.69, 9.17) is 4.74 Å². The van der Waals surface area contributed by atoms with Crippen LogP contribution in [-0.2, 0) is 9.53 Å². The summed E-state index contributed by atoms with van der Waals surface area (Å²) >= 11 is 0. The SMILES string of the molecule is CC1CCCN(c2ccc(NC(=O)C3CCCO3)cn2)C1. The molecule has 2 unspecified atom stereocenters. The predicted molar refractivity (Wildman–Crippen MR) is 82.5 cm³/mol. The number of nitrogens with zero attached hydrogens (tertiary/aromatic N) is 2. The highest BCUT2D eigenvalue weighted by molar-refractivity contribution is 5.94. The summed E-state index contributed by atoms with van der Waals surface area (Å²) < 4.78 is 5.38. The summed E-state index contributed by atoms with van der Waals surface area (Å²) in [5, 5.41) is 2.88. The van der Waals surface area contributed by atoms with Crippen LogP contribution < -0.4 is 10.2 Å². The van der Waals surface area contributed by atoms with E-state index in [0.29, 0.717) is 6.61 Å². The molecule has 5 heteroatoms. The summed E-state index contributed by atoms with van der Waals surface area (Å²) in [4.78, 5) is 18.8. The maximum Gasteiger partial charge on any atom is 0.253 e. The largest absolute Gasteiger partial charge is 0.368 e. The van der Waals surface area contributed by atoms with Crippen molar-refractivity contribution < 1.29 is 9.53 Å². The molecule has 1 amide bonds. The van der Waals surface area contributed by atoms with Crippen LogP contribution in [-0.4, -0.2) is 36.7 Å². The average Bonchev–Trinajstić information content (AvgIpc) is 3.02. The number of hydrogen-bond donors (Lipinski definition) is 1. The van der Waals surface area contributed by atoms with Gasteiger partial charge in [0.2, 0.25) is 0 Å². The van der Waals surface area contributed by atoms with Gasteiger partial charge in [-0.2, -0.15) is 0 Å². The molecular weight excluding hydrogens is 266 g/mol. The van der Waals surface area contributed by atoms with Crippen molar-refractivity contribution in [3.8, 4) is 0 Å². The first-order valence-electron chi connectivity index (χ1n) is 7.86. The number of anilines is 2. The quantitative estimate of drug-likeness (QED) is 0.928. The third kappa shape index (κ3) is 3.53. The number of carbonyl (C=O) groups excluding carboxylic acids is 1. The first-order chi connectivity index (χ1) is 10.2. The van der Waals surface area contributed by atoms with Crippen molar-refractivity contribution in [2.24, 2.45) is 5.92 Å². The van der Waals surface area contributed by atoms with Gasteiger partial charge in [-0.25, -0.2) is 4.98 Å². The molecule has 21 heavy (non-hydrogen) atoms. The average molecular weight is 289 g/mol. The normalized spacial score (nSPS) is 25.9. The van der Waals surface area contributed by atoms with Crippen molar-refractivity contribution >= 4 is 17.4 Å². The van der Waals surface area contributed by atoms with E-state index in [-0.39, 0.29) is 12.0 Å². The van der Waals surface area contributed by atoms with E-state index in [9.17, 15) is 4.79 Å². The van der Waals surface area contributed by atoms with Gasteiger partial charge in [-0.15, -0.1) is 0 Å². The summed E-state index contributed by atoms with van der Waals surface area (Å²) in [6.45, 7) is 5.10. The standard InChI is InChI=1S/C16H23N3O2/c1-12-4-2-8-19(11-12)15-7-6-13(10-17-15)18-16(20)14-5-3-9-21-14/h6-7,10,12,14H,2-5,8-9,11H2,1H3,(H,18,20).